The molecule has 3 aromatic rings. The van der Waals surface area contributed by atoms with Crippen LogP contribution in [-0.4, -0.2) is 32.7 Å². The van der Waals surface area contributed by atoms with E-state index in [1.54, 1.807) is 32.2 Å². The molecule has 2 aromatic heterocycles. The minimum Gasteiger partial charge on any atom is -0.497 e. The van der Waals surface area contributed by atoms with Crippen LogP contribution in [0.2, 0.25) is 0 Å². The lowest BCUT2D eigenvalue weighted by molar-refractivity contribution is 0.0998. The summed E-state index contributed by atoms with van der Waals surface area (Å²) in [6, 6.07) is 8.10. The highest BCUT2D eigenvalue weighted by Gasteiger charge is 2.18. The summed E-state index contributed by atoms with van der Waals surface area (Å²) in [6.45, 7) is 1.78. The first-order chi connectivity index (χ1) is 11.8. The Bertz CT molecular complexity index is 1050. The third-order valence-corrected chi connectivity index (χ3v) is 4.72. The summed E-state index contributed by atoms with van der Waals surface area (Å²) in [7, 11) is -1.82. The van der Waals surface area contributed by atoms with Crippen LogP contribution in [0, 0.1) is 6.92 Å². The Morgan fingerprint density at radius 3 is 2.60 bits per heavy atom. The number of hydrogen-bond acceptors (Lipinski definition) is 6. The Labute approximate surface area is 144 Å². The van der Waals surface area contributed by atoms with Gasteiger partial charge in [-0.15, -0.1) is 0 Å². The van der Waals surface area contributed by atoms with E-state index in [0.29, 0.717) is 22.6 Å². The summed E-state index contributed by atoms with van der Waals surface area (Å²) in [5.41, 5.74) is 1.64. The smallest absolute Gasteiger partial charge is 0.291 e. The average molecular weight is 360 g/mol. The molecule has 1 amide bonds. The topological polar surface area (TPSA) is 98.5 Å². The third kappa shape index (κ3) is 3.34. The Balaban J connectivity index is 1.88. The fraction of sp³-hybridized carbons (Fsp3) is 0.176. The molecular formula is C17H16N2O5S. The summed E-state index contributed by atoms with van der Waals surface area (Å²) in [4.78, 5) is 16.3. The van der Waals surface area contributed by atoms with Crippen molar-refractivity contribution in [3.05, 3.63) is 47.9 Å². The standard InChI is InChI=1S/C17H16N2O5S/c1-10-13-8-12(23-2)5-6-14(13)24-16(10)17(20)19-11-4-7-15(18-9-11)25(3,21)22/h4-9H,1-3H3,(H,19,20). The van der Waals surface area contributed by atoms with Gasteiger partial charge in [-0.05, 0) is 37.3 Å². The molecule has 0 atom stereocenters. The molecule has 25 heavy (non-hydrogen) atoms. The molecule has 0 radical (unpaired) electrons. The molecule has 130 valence electrons. The van der Waals surface area contributed by atoms with Gasteiger partial charge in [0.15, 0.2) is 20.6 Å². The van der Waals surface area contributed by atoms with Crippen LogP contribution in [0.25, 0.3) is 11.0 Å². The summed E-state index contributed by atoms with van der Waals surface area (Å²) >= 11 is 0. The third-order valence-electron chi connectivity index (χ3n) is 3.72. The van der Waals surface area contributed by atoms with E-state index >= 15 is 0 Å². The second-order valence-electron chi connectivity index (χ2n) is 5.53. The molecule has 8 heteroatoms. The fourth-order valence-electron chi connectivity index (χ4n) is 2.41. The van der Waals surface area contributed by atoms with E-state index < -0.39 is 15.7 Å². The number of aryl methyl sites for hydroxylation is 1. The average Bonchev–Trinajstić information content (AvgIpc) is 2.91. The number of carbonyl (C=O) groups is 1. The van der Waals surface area contributed by atoms with Gasteiger partial charge in [-0.1, -0.05) is 0 Å². The SMILES string of the molecule is COc1ccc2oc(C(=O)Nc3ccc(S(C)(=O)=O)nc3)c(C)c2c1. The van der Waals surface area contributed by atoms with Crippen molar-refractivity contribution >= 4 is 32.4 Å². The largest absolute Gasteiger partial charge is 0.497 e. The van der Waals surface area contributed by atoms with Gasteiger partial charge in [0.25, 0.3) is 5.91 Å². The second kappa shape index (κ2) is 6.21. The van der Waals surface area contributed by atoms with Gasteiger partial charge in [0.05, 0.1) is 19.0 Å². The minimum absolute atomic E-state index is 0.0579. The highest BCUT2D eigenvalue weighted by Crippen LogP contribution is 2.29. The van der Waals surface area contributed by atoms with Crippen LogP contribution < -0.4 is 10.1 Å². The van der Waals surface area contributed by atoms with Gasteiger partial charge in [0.2, 0.25) is 0 Å². The van der Waals surface area contributed by atoms with E-state index in [-0.39, 0.29) is 10.8 Å². The predicted octanol–water partition coefficient (Wildman–Crippen LogP) is 2.80. The maximum Gasteiger partial charge on any atom is 0.291 e. The highest BCUT2D eigenvalue weighted by atomic mass is 32.2. The van der Waals surface area contributed by atoms with Crippen molar-refractivity contribution in [2.24, 2.45) is 0 Å². The number of furan rings is 1. The molecule has 0 aliphatic rings. The Morgan fingerprint density at radius 2 is 2.00 bits per heavy atom. The van der Waals surface area contributed by atoms with Gasteiger partial charge in [0.1, 0.15) is 11.3 Å². The zero-order valence-corrected chi connectivity index (χ0v) is 14.7. The predicted molar refractivity (Wildman–Crippen MR) is 92.8 cm³/mol. The number of anilines is 1. The van der Waals surface area contributed by atoms with Gasteiger partial charge in [-0.2, -0.15) is 0 Å². The number of sulfone groups is 1. The van der Waals surface area contributed by atoms with Crippen LogP contribution >= 0.6 is 0 Å². The van der Waals surface area contributed by atoms with E-state index in [2.05, 4.69) is 10.3 Å². The second-order valence-corrected chi connectivity index (χ2v) is 7.49. The number of pyridine rings is 1. The van der Waals surface area contributed by atoms with E-state index in [4.69, 9.17) is 9.15 Å². The van der Waals surface area contributed by atoms with Gasteiger partial charge in [0, 0.05) is 17.2 Å². The number of rotatable bonds is 4. The molecule has 2 heterocycles. The zero-order chi connectivity index (χ0) is 18.2. The van der Waals surface area contributed by atoms with Crippen molar-refractivity contribution in [2.45, 2.75) is 11.9 Å². The van der Waals surface area contributed by atoms with Crippen LogP contribution in [-0.2, 0) is 9.84 Å². The number of carbonyl (C=O) groups excluding carboxylic acids is 1. The van der Waals surface area contributed by atoms with Crippen LogP contribution in [0.15, 0.2) is 46.0 Å². The number of benzene rings is 1. The molecule has 1 N–H and O–H groups in total. The molecule has 7 nitrogen and oxygen atoms in total. The first-order valence-electron chi connectivity index (χ1n) is 7.34. The van der Waals surface area contributed by atoms with Crippen molar-refractivity contribution in [3.63, 3.8) is 0 Å². The highest BCUT2D eigenvalue weighted by molar-refractivity contribution is 7.90. The van der Waals surface area contributed by atoms with Gasteiger partial charge in [-0.25, -0.2) is 13.4 Å². The van der Waals surface area contributed by atoms with E-state index in [1.165, 1.54) is 18.3 Å². The van der Waals surface area contributed by atoms with E-state index in [1.807, 2.05) is 0 Å². The normalized spacial score (nSPS) is 11.5. The molecule has 0 saturated heterocycles. The number of methoxy groups -OCH3 is 1. The number of aromatic nitrogens is 1. The number of ether oxygens (including phenoxy) is 1. The molecule has 0 spiro atoms. The maximum atomic E-state index is 12.5. The first kappa shape index (κ1) is 17.0. The quantitative estimate of drug-likeness (QED) is 0.768. The first-order valence-corrected chi connectivity index (χ1v) is 9.23. The Hall–Kier alpha value is -2.87. The van der Waals surface area contributed by atoms with Crippen molar-refractivity contribution < 1.29 is 22.4 Å². The van der Waals surface area contributed by atoms with Crippen LogP contribution in [0.1, 0.15) is 16.1 Å². The Kier molecular flexibility index (Phi) is 4.22. The number of hydrogen-bond donors (Lipinski definition) is 1. The van der Waals surface area contributed by atoms with E-state index in [0.717, 1.165) is 11.6 Å². The van der Waals surface area contributed by atoms with Crippen LogP contribution in [0.5, 0.6) is 5.75 Å². The number of nitrogens with one attached hydrogen (secondary N) is 1. The monoisotopic (exact) mass is 360 g/mol. The molecule has 0 saturated carbocycles. The van der Waals surface area contributed by atoms with E-state index in [9.17, 15) is 13.2 Å². The summed E-state index contributed by atoms with van der Waals surface area (Å²) in [5.74, 6) is 0.404. The Morgan fingerprint density at radius 1 is 1.24 bits per heavy atom. The van der Waals surface area contributed by atoms with Crippen molar-refractivity contribution in [1.29, 1.82) is 0 Å². The van der Waals surface area contributed by atoms with Gasteiger partial charge >= 0.3 is 0 Å². The summed E-state index contributed by atoms with van der Waals surface area (Å²) in [5, 5.41) is 3.38. The minimum atomic E-state index is -3.39. The maximum absolute atomic E-state index is 12.5. The molecule has 0 fully saturated rings. The van der Waals surface area contributed by atoms with Crippen molar-refractivity contribution in [2.75, 3.05) is 18.7 Å². The molecule has 3 rings (SSSR count). The fourth-order valence-corrected chi connectivity index (χ4v) is 2.96. The molecular weight excluding hydrogens is 344 g/mol. The van der Waals surface area contributed by atoms with Crippen LogP contribution in [0.4, 0.5) is 5.69 Å². The number of fused-ring (bicyclic) bond motifs is 1. The molecule has 1 aromatic carbocycles. The molecule has 0 aliphatic heterocycles. The summed E-state index contributed by atoms with van der Waals surface area (Å²) < 4.78 is 33.6. The van der Waals surface area contributed by atoms with Crippen molar-refractivity contribution in [1.82, 2.24) is 4.98 Å². The lowest BCUT2D eigenvalue weighted by atomic mass is 10.1. The van der Waals surface area contributed by atoms with Gasteiger partial charge in [-0.3, -0.25) is 4.79 Å². The number of amides is 1. The summed E-state index contributed by atoms with van der Waals surface area (Å²) in [6.07, 6.45) is 2.36. The zero-order valence-electron chi connectivity index (χ0n) is 13.9. The molecule has 0 bridgehead atoms. The van der Waals surface area contributed by atoms with Crippen molar-refractivity contribution in [3.8, 4) is 5.75 Å². The van der Waals surface area contributed by atoms with Crippen LogP contribution in [0.3, 0.4) is 0 Å². The molecule has 0 unspecified atom stereocenters. The molecule has 0 aliphatic carbocycles. The lowest BCUT2D eigenvalue weighted by Gasteiger charge is -2.04. The lowest BCUT2D eigenvalue weighted by Crippen LogP contribution is -2.12. The van der Waals surface area contributed by atoms with Gasteiger partial charge < -0.3 is 14.5 Å². The number of nitrogens with zero attached hydrogens (tertiary/aromatic N) is 1.